The number of carboxylic acid groups (broad SMARTS) is 1. The van der Waals surface area contributed by atoms with Crippen molar-refractivity contribution in [2.24, 2.45) is 0 Å². The van der Waals surface area contributed by atoms with Gasteiger partial charge in [0.1, 0.15) is 5.54 Å². The summed E-state index contributed by atoms with van der Waals surface area (Å²) in [5.41, 5.74) is -0.842. The highest BCUT2D eigenvalue weighted by Gasteiger charge is 2.44. The fraction of sp³-hybridized carbons (Fsp3) is 0.778. The molecule has 1 rings (SSSR count). The molecule has 0 atom stereocenters. The van der Waals surface area contributed by atoms with Gasteiger partial charge >= 0.3 is 5.97 Å². The van der Waals surface area contributed by atoms with E-state index in [1.54, 1.807) is 0 Å². The van der Waals surface area contributed by atoms with Gasteiger partial charge < -0.3 is 10.4 Å². The third-order valence-electron chi connectivity index (χ3n) is 2.58. The van der Waals surface area contributed by atoms with Crippen LogP contribution in [0.15, 0.2) is 0 Å². The molecule has 0 aromatic heterocycles. The monoisotopic (exact) mass is 200 g/mol. The summed E-state index contributed by atoms with van der Waals surface area (Å²) in [6, 6.07) is 0. The Bertz CT molecular complexity index is 236. The highest BCUT2D eigenvalue weighted by Crippen LogP contribution is 2.31. The van der Waals surface area contributed by atoms with Crippen LogP contribution in [-0.4, -0.2) is 35.6 Å². The fourth-order valence-corrected chi connectivity index (χ4v) is 1.51. The summed E-state index contributed by atoms with van der Waals surface area (Å²) in [6.07, 6.45) is 2.14. The molecule has 0 saturated heterocycles. The average Bonchev–Trinajstić information content (AvgIpc) is 2.02. The lowest BCUT2D eigenvalue weighted by Crippen LogP contribution is -2.59. The summed E-state index contributed by atoms with van der Waals surface area (Å²) < 4.78 is 0. The van der Waals surface area contributed by atoms with E-state index in [0.29, 0.717) is 19.4 Å². The van der Waals surface area contributed by atoms with Crippen molar-refractivity contribution in [1.29, 1.82) is 0 Å². The third-order valence-corrected chi connectivity index (χ3v) is 2.58. The maximum atomic E-state index is 11.1. The molecule has 1 aliphatic carbocycles. The molecule has 0 bridgehead atoms. The van der Waals surface area contributed by atoms with Gasteiger partial charge in [-0.2, -0.15) is 0 Å². The Morgan fingerprint density at radius 1 is 1.43 bits per heavy atom. The molecule has 1 amide bonds. The minimum atomic E-state index is -0.854. The molecular weight excluding hydrogens is 184 g/mol. The van der Waals surface area contributed by atoms with Crippen LogP contribution in [0, 0.1) is 0 Å². The van der Waals surface area contributed by atoms with Crippen LogP contribution in [0.25, 0.3) is 0 Å². The van der Waals surface area contributed by atoms with Crippen LogP contribution in [0.1, 0.15) is 26.2 Å². The Hall–Kier alpha value is -1.10. The molecule has 0 aromatic rings. The Morgan fingerprint density at radius 3 is 2.43 bits per heavy atom. The Morgan fingerprint density at radius 2 is 2.07 bits per heavy atom. The lowest BCUT2D eigenvalue weighted by Gasteiger charge is -2.38. The lowest BCUT2D eigenvalue weighted by molar-refractivity contribution is -0.148. The number of hydrogen-bond acceptors (Lipinski definition) is 3. The van der Waals surface area contributed by atoms with Crippen molar-refractivity contribution in [1.82, 2.24) is 10.6 Å². The molecule has 5 heteroatoms. The van der Waals surface area contributed by atoms with Crippen molar-refractivity contribution < 1.29 is 14.7 Å². The number of amides is 1. The van der Waals surface area contributed by atoms with E-state index in [0.717, 1.165) is 6.42 Å². The molecule has 1 saturated carbocycles. The molecule has 0 aliphatic heterocycles. The van der Waals surface area contributed by atoms with Gasteiger partial charge in [-0.1, -0.05) is 0 Å². The first-order chi connectivity index (χ1) is 6.60. The van der Waals surface area contributed by atoms with E-state index in [4.69, 9.17) is 5.11 Å². The second-order valence-corrected chi connectivity index (χ2v) is 3.55. The maximum absolute atomic E-state index is 11.1. The van der Waals surface area contributed by atoms with Crippen LogP contribution >= 0.6 is 0 Å². The van der Waals surface area contributed by atoms with Gasteiger partial charge in [-0.3, -0.25) is 14.9 Å². The molecule has 5 nitrogen and oxygen atoms in total. The number of rotatable bonds is 5. The van der Waals surface area contributed by atoms with E-state index in [-0.39, 0.29) is 12.5 Å². The number of nitrogens with one attached hydrogen (secondary N) is 2. The van der Waals surface area contributed by atoms with E-state index in [2.05, 4.69) is 10.6 Å². The van der Waals surface area contributed by atoms with E-state index in [9.17, 15) is 9.59 Å². The number of hydrogen-bond donors (Lipinski definition) is 3. The summed E-state index contributed by atoms with van der Waals surface area (Å²) in [6.45, 7) is 2.48. The number of carboxylic acids is 1. The Kier molecular flexibility index (Phi) is 3.46. The predicted molar refractivity (Wildman–Crippen MR) is 50.9 cm³/mol. The zero-order valence-corrected chi connectivity index (χ0v) is 8.30. The number of carbonyl (C=O) groups excluding carboxylic acids is 1. The first kappa shape index (κ1) is 11.0. The highest BCUT2D eigenvalue weighted by atomic mass is 16.4. The Balaban J connectivity index is 2.35. The summed E-state index contributed by atoms with van der Waals surface area (Å²) in [7, 11) is 0. The van der Waals surface area contributed by atoms with Gasteiger partial charge in [-0.15, -0.1) is 0 Å². The van der Waals surface area contributed by atoms with Crippen molar-refractivity contribution >= 4 is 11.9 Å². The molecular formula is C9H16N2O3. The van der Waals surface area contributed by atoms with Gasteiger partial charge in [0, 0.05) is 6.54 Å². The summed E-state index contributed by atoms with van der Waals surface area (Å²) in [5, 5.41) is 14.3. The first-order valence-corrected chi connectivity index (χ1v) is 4.86. The van der Waals surface area contributed by atoms with E-state index >= 15 is 0 Å². The molecule has 0 radical (unpaired) electrons. The molecule has 0 aromatic carbocycles. The molecule has 1 fully saturated rings. The molecule has 0 heterocycles. The normalized spacial score (nSPS) is 18.4. The molecule has 0 spiro atoms. The number of likely N-dealkylation sites (N-methyl/N-ethyl adjacent to an activating group) is 1. The van der Waals surface area contributed by atoms with Gasteiger partial charge in [-0.25, -0.2) is 0 Å². The van der Waals surface area contributed by atoms with Crippen LogP contribution in [0.5, 0.6) is 0 Å². The molecule has 0 unspecified atom stereocenters. The molecule has 1 aliphatic rings. The van der Waals surface area contributed by atoms with Crippen LogP contribution in [-0.2, 0) is 9.59 Å². The average molecular weight is 200 g/mol. The minimum absolute atomic E-state index is 0.0835. The highest BCUT2D eigenvalue weighted by molar-refractivity contribution is 5.82. The summed E-state index contributed by atoms with van der Waals surface area (Å²) in [5.74, 6) is -1.01. The molecule has 3 N–H and O–H groups in total. The maximum Gasteiger partial charge on any atom is 0.323 e. The lowest BCUT2D eigenvalue weighted by atomic mass is 9.77. The zero-order chi connectivity index (χ0) is 10.6. The van der Waals surface area contributed by atoms with Crippen LogP contribution in [0.2, 0.25) is 0 Å². The van der Waals surface area contributed by atoms with Crippen molar-refractivity contribution in [3.63, 3.8) is 0 Å². The van der Waals surface area contributed by atoms with Crippen LogP contribution < -0.4 is 10.6 Å². The zero-order valence-electron chi connectivity index (χ0n) is 8.30. The quantitative estimate of drug-likeness (QED) is 0.570. The van der Waals surface area contributed by atoms with Gasteiger partial charge in [0.05, 0.1) is 6.54 Å². The van der Waals surface area contributed by atoms with Crippen molar-refractivity contribution in [3.05, 3.63) is 0 Å². The van der Waals surface area contributed by atoms with Gasteiger partial charge in [0.15, 0.2) is 0 Å². The summed E-state index contributed by atoms with van der Waals surface area (Å²) >= 11 is 0. The van der Waals surface area contributed by atoms with Crippen molar-refractivity contribution in [2.75, 3.05) is 13.1 Å². The standard InChI is InChI=1S/C9H16N2O3/c1-2-10-7(12)6-11-9(8(13)14)4-3-5-9/h11H,2-6H2,1H3,(H,10,12)(H,13,14). The van der Waals surface area contributed by atoms with E-state index in [1.807, 2.05) is 6.92 Å². The minimum Gasteiger partial charge on any atom is -0.480 e. The van der Waals surface area contributed by atoms with E-state index < -0.39 is 11.5 Å². The smallest absolute Gasteiger partial charge is 0.323 e. The molecule has 14 heavy (non-hydrogen) atoms. The SMILES string of the molecule is CCNC(=O)CNC1(C(=O)O)CCC1. The van der Waals surface area contributed by atoms with Crippen LogP contribution in [0.3, 0.4) is 0 Å². The van der Waals surface area contributed by atoms with Gasteiger partial charge in [0.25, 0.3) is 0 Å². The van der Waals surface area contributed by atoms with Crippen molar-refractivity contribution in [2.45, 2.75) is 31.7 Å². The van der Waals surface area contributed by atoms with Gasteiger partial charge in [-0.05, 0) is 26.2 Å². The van der Waals surface area contributed by atoms with E-state index in [1.165, 1.54) is 0 Å². The van der Waals surface area contributed by atoms with Crippen molar-refractivity contribution in [3.8, 4) is 0 Å². The number of aliphatic carboxylic acids is 1. The topological polar surface area (TPSA) is 78.4 Å². The second-order valence-electron chi connectivity index (χ2n) is 3.55. The predicted octanol–water partition coefficient (Wildman–Crippen LogP) is -0.281. The van der Waals surface area contributed by atoms with Crippen LogP contribution in [0.4, 0.5) is 0 Å². The number of carbonyl (C=O) groups is 2. The molecule has 80 valence electrons. The largest absolute Gasteiger partial charge is 0.480 e. The third kappa shape index (κ3) is 2.23. The second kappa shape index (κ2) is 4.41. The van der Waals surface area contributed by atoms with Gasteiger partial charge in [0.2, 0.25) is 5.91 Å². The summed E-state index contributed by atoms with van der Waals surface area (Å²) in [4.78, 5) is 22.0. The first-order valence-electron chi connectivity index (χ1n) is 4.86. The Labute approximate surface area is 82.9 Å². The fourth-order valence-electron chi connectivity index (χ4n) is 1.51.